The minimum absolute atomic E-state index is 0. The van der Waals surface area contributed by atoms with Crippen molar-refractivity contribution in [1.82, 2.24) is 5.32 Å². The smallest absolute Gasteiger partial charge is 0.659 e. The molecule has 0 saturated heterocycles. The fourth-order valence-electron chi connectivity index (χ4n) is 0.854. The van der Waals surface area contributed by atoms with Crippen molar-refractivity contribution in [3.05, 3.63) is 10.6 Å². The maximum Gasteiger partial charge on any atom is 2.00 e. The quantitative estimate of drug-likeness (QED) is 0.126. The summed E-state index contributed by atoms with van der Waals surface area (Å²) in [5.74, 6) is 0. The third-order valence-electron chi connectivity index (χ3n) is 1.70. The van der Waals surface area contributed by atoms with Crippen molar-refractivity contribution in [3.8, 4) is 0 Å². The summed E-state index contributed by atoms with van der Waals surface area (Å²) in [6.45, 7) is 9.55. The maximum absolute atomic E-state index is 8.19. The molecule has 160 valence electrons. The van der Waals surface area contributed by atoms with Crippen LogP contribution in [0.4, 0.5) is 0 Å². The zero-order valence-corrected chi connectivity index (χ0v) is 18.0. The number of nitrogens with one attached hydrogen (secondary N) is 1. The van der Waals surface area contributed by atoms with E-state index in [0.29, 0.717) is 52.4 Å². The molecule has 11 heteroatoms. The second-order valence-electron chi connectivity index (χ2n) is 4.72. The normalized spacial score (nSPS) is 9.00. The molecule has 0 aromatic rings. The Bertz CT molecular complexity index is 150. The van der Waals surface area contributed by atoms with E-state index in [2.05, 4.69) is 16.0 Å². The molecule has 0 aromatic carbocycles. The van der Waals surface area contributed by atoms with Crippen molar-refractivity contribution in [2.75, 3.05) is 78.7 Å². The van der Waals surface area contributed by atoms with E-state index in [1.165, 1.54) is 0 Å². The molecular weight excluding hydrogens is 376 g/mol. The summed E-state index contributed by atoms with van der Waals surface area (Å²) >= 11 is 0. The molecule has 10 nitrogen and oxygen atoms in total. The van der Waals surface area contributed by atoms with E-state index >= 15 is 0 Å². The molecule has 0 heterocycles. The fourth-order valence-corrected chi connectivity index (χ4v) is 0.854. The second-order valence-corrected chi connectivity index (χ2v) is 4.72. The van der Waals surface area contributed by atoms with Gasteiger partial charge in [0.15, 0.2) is 0 Å². The molecule has 0 aliphatic heterocycles. The van der Waals surface area contributed by atoms with E-state index in [9.17, 15) is 0 Å². The Labute approximate surface area is 174 Å². The van der Waals surface area contributed by atoms with Crippen molar-refractivity contribution in [2.24, 2.45) is 17.2 Å². The Kier molecular flexibility index (Phi) is 63.7. The standard InChI is InChI=1S/C4H12N2O.2C4H11N2O.C3H8O.Ti/c3*5-1-2-6-3-4-7;1-3(2)4;/h6-7H,1-5H2;2*7H,1-5H2;3-4H,1-2H3;/q;2*-1;;+2. The third kappa shape index (κ3) is 87.2. The van der Waals surface area contributed by atoms with Crippen molar-refractivity contribution in [2.45, 2.75) is 20.0 Å². The SMILES string of the molecule is CC(C)O.NCCNCCO.NCC[N-]CCO.NCC[N-]CCO.[Ti+2]. The van der Waals surface area contributed by atoms with E-state index in [1.54, 1.807) is 13.8 Å². The van der Waals surface area contributed by atoms with Gasteiger partial charge in [0, 0.05) is 39.0 Å². The van der Waals surface area contributed by atoms with Gasteiger partial charge in [0.05, 0.1) is 6.61 Å². The first-order valence-corrected chi connectivity index (χ1v) is 8.56. The van der Waals surface area contributed by atoms with Crippen LogP contribution < -0.4 is 22.5 Å². The van der Waals surface area contributed by atoms with Gasteiger partial charge in [-0.1, -0.05) is 0 Å². The van der Waals surface area contributed by atoms with Crippen molar-refractivity contribution in [3.63, 3.8) is 0 Å². The number of aliphatic hydroxyl groups excluding tert-OH is 4. The largest absolute Gasteiger partial charge is 2.00 e. The van der Waals surface area contributed by atoms with Crippen LogP contribution in [0, 0.1) is 0 Å². The Hall–Kier alpha value is 0.314. The molecular formula is C15H42N6O4Ti. The van der Waals surface area contributed by atoms with Gasteiger partial charge >= 0.3 is 21.7 Å². The summed E-state index contributed by atoms with van der Waals surface area (Å²) in [6.07, 6.45) is -0.167. The molecule has 26 heavy (non-hydrogen) atoms. The monoisotopic (exact) mass is 418 g/mol. The zero-order chi connectivity index (χ0) is 20.2. The van der Waals surface area contributed by atoms with E-state index in [4.69, 9.17) is 37.6 Å². The molecule has 0 saturated carbocycles. The van der Waals surface area contributed by atoms with Crippen molar-refractivity contribution >= 4 is 0 Å². The Morgan fingerprint density at radius 1 is 0.731 bits per heavy atom. The molecule has 0 aromatic heterocycles. The van der Waals surface area contributed by atoms with E-state index in [0.717, 1.165) is 6.54 Å². The van der Waals surface area contributed by atoms with Gasteiger partial charge in [-0.25, -0.2) is 0 Å². The number of nitrogens with zero attached hydrogens (tertiary/aromatic N) is 2. The Morgan fingerprint density at radius 3 is 1.35 bits per heavy atom. The Morgan fingerprint density at radius 2 is 1.12 bits per heavy atom. The summed E-state index contributed by atoms with van der Waals surface area (Å²) in [4.78, 5) is 0. The molecule has 0 spiro atoms. The molecule has 0 bridgehead atoms. The first kappa shape index (κ1) is 37.1. The van der Waals surface area contributed by atoms with Crippen LogP contribution in [0.15, 0.2) is 0 Å². The topological polar surface area (TPSA) is 199 Å². The molecule has 0 atom stereocenters. The number of nitrogens with two attached hydrogens (primary N) is 3. The van der Waals surface area contributed by atoms with Crippen LogP contribution in [-0.2, 0) is 21.7 Å². The van der Waals surface area contributed by atoms with E-state index < -0.39 is 0 Å². The molecule has 0 aliphatic rings. The molecule has 0 fully saturated rings. The molecule has 0 rings (SSSR count). The number of hydrogen-bond acceptors (Lipinski definition) is 8. The van der Waals surface area contributed by atoms with Gasteiger partial charge in [-0.2, -0.15) is 0 Å². The van der Waals surface area contributed by atoms with Crippen LogP contribution in [0.2, 0.25) is 0 Å². The third-order valence-corrected chi connectivity index (χ3v) is 1.70. The predicted octanol–water partition coefficient (Wildman–Crippen LogP) is -2.47. The van der Waals surface area contributed by atoms with Crippen LogP contribution in [0.5, 0.6) is 0 Å². The van der Waals surface area contributed by atoms with Gasteiger partial charge in [0.25, 0.3) is 0 Å². The minimum atomic E-state index is -0.167. The van der Waals surface area contributed by atoms with Crippen LogP contribution in [-0.4, -0.2) is 105 Å². The average Bonchev–Trinajstić information content (AvgIpc) is 2.57. The van der Waals surface area contributed by atoms with Crippen molar-refractivity contribution in [1.29, 1.82) is 0 Å². The molecule has 11 N–H and O–H groups in total. The van der Waals surface area contributed by atoms with Gasteiger partial charge in [-0.3, -0.25) is 0 Å². The summed E-state index contributed by atoms with van der Waals surface area (Å²) in [5.41, 5.74) is 15.3. The van der Waals surface area contributed by atoms with Crippen molar-refractivity contribution < 1.29 is 42.1 Å². The summed E-state index contributed by atoms with van der Waals surface area (Å²) < 4.78 is 0. The minimum Gasteiger partial charge on any atom is -0.659 e. The van der Waals surface area contributed by atoms with E-state index in [-0.39, 0.29) is 47.6 Å². The first-order valence-electron chi connectivity index (χ1n) is 8.56. The predicted molar refractivity (Wildman–Crippen MR) is 105 cm³/mol. The zero-order valence-electron chi connectivity index (χ0n) is 16.5. The average molecular weight is 418 g/mol. The number of hydrogen-bond donors (Lipinski definition) is 8. The van der Waals surface area contributed by atoms with Gasteiger partial charge in [-0.15, -0.1) is 26.2 Å². The van der Waals surface area contributed by atoms with Gasteiger partial charge in [-0.05, 0) is 26.9 Å². The molecule has 0 unspecified atom stereocenters. The van der Waals surface area contributed by atoms with Crippen LogP contribution in [0.1, 0.15) is 13.8 Å². The van der Waals surface area contributed by atoms with Crippen LogP contribution >= 0.6 is 0 Å². The number of aliphatic hydroxyl groups is 4. The fraction of sp³-hybridized carbons (Fsp3) is 1.00. The Balaban J connectivity index is -0.0000000759. The first-order chi connectivity index (χ1) is 12.0. The molecule has 0 radical (unpaired) electrons. The van der Waals surface area contributed by atoms with Crippen LogP contribution in [0.3, 0.4) is 0 Å². The van der Waals surface area contributed by atoms with E-state index in [1.807, 2.05) is 0 Å². The van der Waals surface area contributed by atoms with Gasteiger partial charge in [0.1, 0.15) is 0 Å². The molecule has 0 aliphatic carbocycles. The molecule has 0 amide bonds. The maximum atomic E-state index is 8.19. The van der Waals surface area contributed by atoms with Gasteiger partial charge < -0.3 is 53.6 Å². The summed E-state index contributed by atoms with van der Waals surface area (Å²) in [7, 11) is 0. The summed E-state index contributed by atoms with van der Waals surface area (Å²) in [5, 5.41) is 43.1. The van der Waals surface area contributed by atoms with Crippen LogP contribution in [0.25, 0.3) is 10.6 Å². The second kappa shape index (κ2) is 44.6. The van der Waals surface area contributed by atoms with Gasteiger partial charge in [0.2, 0.25) is 0 Å². The number of rotatable bonds is 12. The summed E-state index contributed by atoms with van der Waals surface area (Å²) in [6, 6.07) is 0.